The third-order valence-electron chi connectivity index (χ3n) is 4.55. The molecule has 10 nitrogen and oxygen atoms in total. The van der Waals surface area contributed by atoms with E-state index in [1.807, 2.05) is 0 Å². The number of amides is 2. The molecule has 33 heavy (non-hydrogen) atoms. The first-order valence-electron chi connectivity index (χ1n) is 9.62. The van der Waals surface area contributed by atoms with Gasteiger partial charge in [0.25, 0.3) is 21.6 Å². The van der Waals surface area contributed by atoms with Gasteiger partial charge in [-0.3, -0.25) is 24.4 Å². The van der Waals surface area contributed by atoms with Crippen molar-refractivity contribution in [2.45, 2.75) is 18.7 Å². The summed E-state index contributed by atoms with van der Waals surface area (Å²) in [6.45, 7) is 2.91. The number of hydrogen-bond acceptors (Lipinski definition) is 6. The molecule has 0 atom stereocenters. The molecule has 0 aliphatic carbocycles. The van der Waals surface area contributed by atoms with Gasteiger partial charge in [-0.25, -0.2) is 8.42 Å². The zero-order valence-electron chi connectivity index (χ0n) is 17.7. The van der Waals surface area contributed by atoms with Crippen LogP contribution in [-0.2, 0) is 14.8 Å². The van der Waals surface area contributed by atoms with Crippen molar-refractivity contribution in [3.63, 3.8) is 0 Å². The van der Waals surface area contributed by atoms with Crippen LogP contribution in [0.3, 0.4) is 0 Å². The molecule has 3 rings (SSSR count). The average Bonchev–Trinajstić information content (AvgIpc) is 2.75. The van der Waals surface area contributed by atoms with Crippen molar-refractivity contribution in [1.29, 1.82) is 0 Å². The number of benzene rings is 3. The number of sulfonamides is 1. The van der Waals surface area contributed by atoms with Gasteiger partial charge in [0.2, 0.25) is 5.91 Å². The van der Waals surface area contributed by atoms with Crippen LogP contribution < -0.4 is 15.4 Å². The summed E-state index contributed by atoms with van der Waals surface area (Å²) in [6, 6.07) is 15.9. The molecule has 0 unspecified atom stereocenters. The van der Waals surface area contributed by atoms with Crippen LogP contribution in [0.25, 0.3) is 0 Å². The van der Waals surface area contributed by atoms with Gasteiger partial charge in [-0.2, -0.15) is 0 Å². The molecule has 2 amide bonds. The summed E-state index contributed by atoms with van der Waals surface area (Å²) < 4.78 is 27.5. The molecular formula is C22H20N4O6S. The van der Waals surface area contributed by atoms with E-state index >= 15 is 0 Å². The molecule has 3 N–H and O–H groups in total. The second-order valence-electron chi connectivity index (χ2n) is 7.10. The van der Waals surface area contributed by atoms with Gasteiger partial charge >= 0.3 is 0 Å². The molecule has 0 radical (unpaired) electrons. The molecule has 0 aliphatic rings. The fraction of sp³-hybridized carbons (Fsp3) is 0.0909. The SMILES string of the molecule is CC(=O)Nc1ccc(NC(=O)c2ccc(NS(=O)(=O)c3ccc(C)c([N+](=O)[O-])c3)cc2)cc1. The molecule has 0 saturated carbocycles. The number of nitro groups is 1. The van der Waals surface area contributed by atoms with Crippen LogP contribution in [0.4, 0.5) is 22.7 Å². The second-order valence-corrected chi connectivity index (χ2v) is 8.78. The van der Waals surface area contributed by atoms with Crippen LogP contribution in [0, 0.1) is 17.0 Å². The zero-order valence-corrected chi connectivity index (χ0v) is 18.5. The number of carbonyl (C=O) groups is 2. The van der Waals surface area contributed by atoms with Crippen molar-refractivity contribution >= 4 is 44.6 Å². The average molecular weight is 468 g/mol. The minimum Gasteiger partial charge on any atom is -0.326 e. The minimum absolute atomic E-state index is 0.189. The number of nitro benzene ring substituents is 1. The predicted molar refractivity (Wildman–Crippen MR) is 124 cm³/mol. The molecule has 170 valence electrons. The predicted octanol–water partition coefficient (Wildman–Crippen LogP) is 3.91. The highest BCUT2D eigenvalue weighted by atomic mass is 32.2. The third-order valence-corrected chi connectivity index (χ3v) is 5.93. The summed E-state index contributed by atoms with van der Waals surface area (Å²) in [5.41, 5.74) is 1.63. The first kappa shape index (κ1) is 23.4. The highest BCUT2D eigenvalue weighted by Crippen LogP contribution is 2.24. The van der Waals surface area contributed by atoms with Crippen molar-refractivity contribution < 1.29 is 22.9 Å². The maximum Gasteiger partial charge on any atom is 0.273 e. The number of anilines is 3. The van der Waals surface area contributed by atoms with Crippen molar-refractivity contribution in [2.75, 3.05) is 15.4 Å². The van der Waals surface area contributed by atoms with Crippen LogP contribution in [0.1, 0.15) is 22.8 Å². The van der Waals surface area contributed by atoms with Gasteiger partial charge in [0.1, 0.15) is 0 Å². The van der Waals surface area contributed by atoms with Crippen molar-refractivity contribution in [3.05, 3.63) is 88.0 Å². The topological polar surface area (TPSA) is 148 Å². The summed E-state index contributed by atoms with van der Waals surface area (Å²) in [4.78, 5) is 33.7. The Balaban J connectivity index is 1.69. The molecule has 0 heterocycles. The van der Waals surface area contributed by atoms with Crippen LogP contribution in [0.5, 0.6) is 0 Å². The molecule has 0 saturated heterocycles. The van der Waals surface area contributed by atoms with E-state index in [0.717, 1.165) is 6.07 Å². The van der Waals surface area contributed by atoms with E-state index in [2.05, 4.69) is 15.4 Å². The molecule has 0 bridgehead atoms. The van der Waals surface area contributed by atoms with Crippen LogP contribution >= 0.6 is 0 Å². The number of aryl methyl sites for hydroxylation is 1. The van der Waals surface area contributed by atoms with Crippen LogP contribution in [0.2, 0.25) is 0 Å². The standard InChI is InChI=1S/C22H20N4O6S/c1-14-3-12-20(13-21(14)26(29)30)33(31,32)25-19-6-4-16(5-7-19)22(28)24-18-10-8-17(9-11-18)23-15(2)27/h3-13,25H,1-2H3,(H,23,27)(H,24,28). The summed E-state index contributed by atoms with van der Waals surface area (Å²) in [7, 11) is -4.07. The Morgan fingerprint density at radius 3 is 1.94 bits per heavy atom. The summed E-state index contributed by atoms with van der Waals surface area (Å²) in [5.74, 6) is -0.617. The highest BCUT2D eigenvalue weighted by Gasteiger charge is 2.20. The maximum atomic E-state index is 12.6. The number of hydrogen-bond donors (Lipinski definition) is 3. The van der Waals surface area contributed by atoms with E-state index in [1.54, 1.807) is 24.3 Å². The highest BCUT2D eigenvalue weighted by molar-refractivity contribution is 7.92. The van der Waals surface area contributed by atoms with Crippen molar-refractivity contribution in [1.82, 2.24) is 0 Å². The van der Waals surface area contributed by atoms with Gasteiger partial charge in [0.05, 0.1) is 9.82 Å². The van der Waals surface area contributed by atoms with Crippen molar-refractivity contribution in [2.24, 2.45) is 0 Å². The number of rotatable bonds is 7. The van der Waals surface area contributed by atoms with E-state index in [9.17, 15) is 28.1 Å². The van der Waals surface area contributed by atoms with Crippen LogP contribution in [0.15, 0.2) is 71.6 Å². The quantitative estimate of drug-likeness (QED) is 0.354. The zero-order chi connectivity index (χ0) is 24.2. The number of nitrogens with zero attached hydrogens (tertiary/aromatic N) is 1. The fourth-order valence-corrected chi connectivity index (χ4v) is 3.98. The summed E-state index contributed by atoms with van der Waals surface area (Å²) >= 11 is 0. The molecule has 0 aliphatic heterocycles. The Kier molecular flexibility index (Phi) is 6.73. The normalized spacial score (nSPS) is 10.8. The lowest BCUT2D eigenvalue weighted by atomic mass is 10.2. The number of nitrogens with one attached hydrogen (secondary N) is 3. The summed E-state index contributed by atoms with van der Waals surface area (Å²) in [5, 5.41) is 16.4. The van der Waals surface area contributed by atoms with Gasteiger partial charge in [0, 0.05) is 41.2 Å². The molecular weight excluding hydrogens is 448 g/mol. The lowest BCUT2D eigenvalue weighted by Crippen LogP contribution is -2.14. The largest absolute Gasteiger partial charge is 0.326 e. The first-order chi connectivity index (χ1) is 15.5. The van der Waals surface area contributed by atoms with E-state index in [4.69, 9.17) is 0 Å². The minimum atomic E-state index is -4.07. The van der Waals surface area contributed by atoms with Gasteiger partial charge in [0.15, 0.2) is 0 Å². The van der Waals surface area contributed by atoms with Gasteiger partial charge in [-0.15, -0.1) is 0 Å². The monoisotopic (exact) mass is 468 g/mol. The Hall–Kier alpha value is -4.25. The first-order valence-corrected chi connectivity index (χ1v) is 11.1. The molecule has 0 aromatic heterocycles. The van der Waals surface area contributed by atoms with Gasteiger partial charge in [-0.1, -0.05) is 6.07 Å². The molecule has 11 heteroatoms. The smallest absolute Gasteiger partial charge is 0.273 e. The Bertz CT molecular complexity index is 1320. The second kappa shape index (κ2) is 9.49. The van der Waals surface area contributed by atoms with E-state index < -0.39 is 20.9 Å². The number of carbonyl (C=O) groups excluding carboxylic acids is 2. The fourth-order valence-electron chi connectivity index (χ4n) is 2.90. The lowest BCUT2D eigenvalue weighted by molar-refractivity contribution is -0.385. The van der Waals surface area contributed by atoms with Gasteiger partial charge in [-0.05, 0) is 61.5 Å². The lowest BCUT2D eigenvalue weighted by Gasteiger charge is -2.10. The Labute approximate surface area is 189 Å². The van der Waals surface area contributed by atoms with E-state index in [-0.39, 0.29) is 27.7 Å². The molecule has 3 aromatic carbocycles. The van der Waals surface area contributed by atoms with E-state index in [0.29, 0.717) is 16.9 Å². The molecule has 3 aromatic rings. The maximum absolute atomic E-state index is 12.6. The van der Waals surface area contributed by atoms with E-state index in [1.165, 1.54) is 50.2 Å². The van der Waals surface area contributed by atoms with Crippen molar-refractivity contribution in [3.8, 4) is 0 Å². The Morgan fingerprint density at radius 2 is 1.39 bits per heavy atom. The van der Waals surface area contributed by atoms with Crippen LogP contribution in [-0.4, -0.2) is 25.2 Å². The van der Waals surface area contributed by atoms with Gasteiger partial charge < -0.3 is 10.6 Å². The summed E-state index contributed by atoms with van der Waals surface area (Å²) in [6.07, 6.45) is 0. The molecule has 0 fully saturated rings. The Morgan fingerprint density at radius 1 is 0.848 bits per heavy atom. The third kappa shape index (κ3) is 5.92. The molecule has 0 spiro atoms.